The highest BCUT2D eigenvalue weighted by molar-refractivity contribution is 5.90. The maximum absolute atomic E-state index is 4.37. The third kappa shape index (κ3) is 2.60. The number of aromatic nitrogens is 1. The Morgan fingerprint density at radius 1 is 0.895 bits per heavy atom. The molecule has 1 aromatic heterocycles. The van der Waals surface area contributed by atoms with Crippen LogP contribution in [-0.4, -0.2) is 11.2 Å². The van der Waals surface area contributed by atoms with E-state index >= 15 is 0 Å². The molecule has 1 N–H and O–H groups in total. The molecule has 3 rings (SSSR count). The Morgan fingerprint density at radius 3 is 2.63 bits per heavy atom. The molecule has 3 nitrogen and oxygen atoms in total. The first-order valence-corrected chi connectivity index (χ1v) is 6.11. The zero-order valence-electron chi connectivity index (χ0n) is 10.3. The smallest absolute Gasteiger partial charge is 0.0951 e. The van der Waals surface area contributed by atoms with Crippen LogP contribution in [0.5, 0.6) is 0 Å². The molecular formula is C16H13N3. The van der Waals surface area contributed by atoms with Crippen LogP contribution in [-0.2, 0) is 0 Å². The van der Waals surface area contributed by atoms with Crippen molar-refractivity contribution in [2.75, 3.05) is 5.43 Å². The van der Waals surface area contributed by atoms with Gasteiger partial charge in [0.2, 0.25) is 0 Å². The van der Waals surface area contributed by atoms with E-state index in [0.717, 1.165) is 22.2 Å². The number of para-hydroxylation sites is 1. The van der Waals surface area contributed by atoms with E-state index < -0.39 is 0 Å². The van der Waals surface area contributed by atoms with Gasteiger partial charge in [0.1, 0.15) is 0 Å². The minimum absolute atomic E-state index is 0.908. The molecule has 0 saturated heterocycles. The lowest BCUT2D eigenvalue weighted by Crippen LogP contribution is -1.92. The summed E-state index contributed by atoms with van der Waals surface area (Å²) >= 11 is 0. The van der Waals surface area contributed by atoms with Gasteiger partial charge in [0.25, 0.3) is 0 Å². The van der Waals surface area contributed by atoms with Crippen molar-refractivity contribution in [1.29, 1.82) is 0 Å². The fraction of sp³-hybridized carbons (Fsp3) is 0. The molecule has 19 heavy (non-hydrogen) atoms. The Bertz CT molecular complexity index is 700. The van der Waals surface area contributed by atoms with Crippen LogP contribution in [0.4, 0.5) is 5.69 Å². The average Bonchev–Trinajstić information content (AvgIpc) is 2.49. The molecular weight excluding hydrogens is 234 g/mol. The highest BCUT2D eigenvalue weighted by Gasteiger charge is 1.99. The minimum atomic E-state index is 0.908. The lowest BCUT2D eigenvalue weighted by Gasteiger charge is -2.04. The number of hydrazone groups is 1. The Morgan fingerprint density at radius 2 is 1.74 bits per heavy atom. The number of rotatable bonds is 3. The molecule has 0 radical (unpaired) electrons. The molecule has 0 fully saturated rings. The first kappa shape index (κ1) is 11.4. The van der Waals surface area contributed by atoms with Crippen LogP contribution in [0.3, 0.4) is 0 Å². The second-order valence-corrected chi connectivity index (χ2v) is 4.16. The number of fused-ring (bicyclic) bond motifs is 1. The van der Waals surface area contributed by atoms with Crippen molar-refractivity contribution in [3.63, 3.8) is 0 Å². The van der Waals surface area contributed by atoms with Gasteiger partial charge in [-0.05, 0) is 17.7 Å². The topological polar surface area (TPSA) is 37.3 Å². The molecule has 3 heteroatoms. The number of hydrogen-bond acceptors (Lipinski definition) is 3. The number of hydrogen-bond donors (Lipinski definition) is 1. The zero-order valence-corrected chi connectivity index (χ0v) is 10.3. The number of nitrogens with zero attached hydrogens (tertiary/aromatic N) is 2. The Hall–Kier alpha value is -2.68. The second-order valence-electron chi connectivity index (χ2n) is 4.16. The first-order chi connectivity index (χ1) is 9.43. The molecule has 3 aromatic rings. The van der Waals surface area contributed by atoms with Crippen LogP contribution in [0, 0.1) is 0 Å². The Balaban J connectivity index is 1.84. The Kier molecular flexibility index (Phi) is 3.19. The zero-order chi connectivity index (χ0) is 12.9. The van der Waals surface area contributed by atoms with Gasteiger partial charge >= 0.3 is 0 Å². The van der Waals surface area contributed by atoms with Gasteiger partial charge in [-0.15, -0.1) is 0 Å². The summed E-state index contributed by atoms with van der Waals surface area (Å²) < 4.78 is 0. The highest BCUT2D eigenvalue weighted by atomic mass is 15.3. The number of benzene rings is 2. The van der Waals surface area contributed by atoms with Gasteiger partial charge < -0.3 is 0 Å². The van der Waals surface area contributed by atoms with E-state index in [1.807, 2.05) is 60.7 Å². The molecule has 1 heterocycles. The summed E-state index contributed by atoms with van der Waals surface area (Å²) in [5, 5.41) is 5.35. The van der Waals surface area contributed by atoms with Gasteiger partial charge in [0.05, 0.1) is 17.4 Å². The SMILES string of the molecule is C(=N\Nc1cccc2cccnc12)/c1ccccc1. The van der Waals surface area contributed by atoms with Crippen molar-refractivity contribution >= 4 is 22.8 Å². The highest BCUT2D eigenvalue weighted by Crippen LogP contribution is 2.20. The summed E-state index contributed by atoms with van der Waals surface area (Å²) in [6.07, 6.45) is 3.58. The van der Waals surface area contributed by atoms with Crippen LogP contribution in [0.15, 0.2) is 72.0 Å². The van der Waals surface area contributed by atoms with Gasteiger partial charge in [0.15, 0.2) is 0 Å². The largest absolute Gasteiger partial charge is 0.276 e. The van der Waals surface area contributed by atoms with Crippen LogP contribution in [0.25, 0.3) is 10.9 Å². The summed E-state index contributed by atoms with van der Waals surface area (Å²) in [5.74, 6) is 0. The molecule has 0 unspecified atom stereocenters. The van der Waals surface area contributed by atoms with Crippen molar-refractivity contribution < 1.29 is 0 Å². The first-order valence-electron chi connectivity index (χ1n) is 6.11. The van der Waals surface area contributed by atoms with Crippen LogP contribution in [0.1, 0.15) is 5.56 Å². The number of anilines is 1. The quantitative estimate of drug-likeness (QED) is 0.566. The van der Waals surface area contributed by atoms with E-state index in [4.69, 9.17) is 0 Å². The number of pyridine rings is 1. The summed E-state index contributed by atoms with van der Waals surface area (Å²) in [5.41, 5.74) is 5.94. The Labute approximate surface area is 111 Å². The summed E-state index contributed by atoms with van der Waals surface area (Å²) in [6, 6.07) is 19.9. The predicted molar refractivity (Wildman–Crippen MR) is 79.4 cm³/mol. The summed E-state index contributed by atoms with van der Waals surface area (Å²) in [7, 11) is 0. The van der Waals surface area contributed by atoms with Crippen LogP contribution < -0.4 is 5.43 Å². The lowest BCUT2D eigenvalue weighted by molar-refractivity contribution is 1.33. The molecule has 0 aliphatic heterocycles. The fourth-order valence-electron chi connectivity index (χ4n) is 1.91. The van der Waals surface area contributed by atoms with Gasteiger partial charge in [-0.3, -0.25) is 10.4 Å². The summed E-state index contributed by atoms with van der Waals surface area (Å²) in [6.45, 7) is 0. The van der Waals surface area contributed by atoms with E-state index in [1.54, 1.807) is 12.4 Å². The second kappa shape index (κ2) is 5.31. The molecule has 0 atom stereocenters. The third-order valence-electron chi connectivity index (χ3n) is 2.83. The van der Waals surface area contributed by atoms with Gasteiger partial charge in [-0.25, -0.2) is 0 Å². The summed E-state index contributed by atoms with van der Waals surface area (Å²) in [4.78, 5) is 4.37. The molecule has 92 valence electrons. The van der Waals surface area contributed by atoms with Crippen LogP contribution >= 0.6 is 0 Å². The van der Waals surface area contributed by atoms with E-state index in [-0.39, 0.29) is 0 Å². The van der Waals surface area contributed by atoms with E-state index in [0.29, 0.717) is 0 Å². The molecule has 2 aromatic carbocycles. The minimum Gasteiger partial charge on any atom is -0.276 e. The van der Waals surface area contributed by atoms with Crippen molar-refractivity contribution in [2.24, 2.45) is 5.10 Å². The molecule has 0 spiro atoms. The normalized spacial score (nSPS) is 10.9. The maximum atomic E-state index is 4.37. The molecule has 0 saturated carbocycles. The van der Waals surface area contributed by atoms with Gasteiger partial charge in [-0.2, -0.15) is 5.10 Å². The standard InChI is InChI=1S/C16H13N3/c1-2-6-13(7-3-1)12-18-19-15-10-4-8-14-9-5-11-17-16(14)15/h1-12,19H/b18-12+. The van der Waals surface area contributed by atoms with E-state index in [9.17, 15) is 0 Å². The predicted octanol–water partition coefficient (Wildman–Crippen LogP) is 3.68. The van der Waals surface area contributed by atoms with Crippen molar-refractivity contribution in [1.82, 2.24) is 4.98 Å². The monoisotopic (exact) mass is 247 g/mol. The third-order valence-corrected chi connectivity index (χ3v) is 2.83. The lowest BCUT2D eigenvalue weighted by atomic mass is 10.2. The van der Waals surface area contributed by atoms with Gasteiger partial charge in [0, 0.05) is 11.6 Å². The van der Waals surface area contributed by atoms with Crippen LogP contribution in [0.2, 0.25) is 0 Å². The average molecular weight is 247 g/mol. The number of nitrogens with one attached hydrogen (secondary N) is 1. The van der Waals surface area contributed by atoms with Crippen molar-refractivity contribution in [2.45, 2.75) is 0 Å². The van der Waals surface area contributed by atoms with Crippen molar-refractivity contribution in [3.8, 4) is 0 Å². The molecule has 0 aliphatic carbocycles. The van der Waals surface area contributed by atoms with Gasteiger partial charge in [-0.1, -0.05) is 48.5 Å². The maximum Gasteiger partial charge on any atom is 0.0951 e. The molecule has 0 aliphatic rings. The van der Waals surface area contributed by atoms with Crippen molar-refractivity contribution in [3.05, 3.63) is 72.4 Å². The molecule has 0 bridgehead atoms. The van der Waals surface area contributed by atoms with E-state index in [1.165, 1.54) is 0 Å². The van der Waals surface area contributed by atoms with E-state index in [2.05, 4.69) is 15.5 Å². The fourth-order valence-corrected chi connectivity index (χ4v) is 1.91. The molecule has 0 amide bonds.